The summed E-state index contributed by atoms with van der Waals surface area (Å²) in [5.74, 6) is 0.753. The minimum atomic E-state index is -0.125. The second kappa shape index (κ2) is 4.43. The first kappa shape index (κ1) is 10.2. The first-order valence-electron chi connectivity index (χ1n) is 5.14. The molecule has 0 amide bonds. The van der Waals surface area contributed by atoms with Gasteiger partial charge in [-0.1, -0.05) is 28.1 Å². The zero-order chi connectivity index (χ0) is 9.97. The number of hydrogen-bond donors (Lipinski definition) is 0. The fourth-order valence-electron chi connectivity index (χ4n) is 1.69. The van der Waals surface area contributed by atoms with Gasteiger partial charge in [-0.3, -0.25) is 0 Å². The van der Waals surface area contributed by atoms with Gasteiger partial charge in [-0.05, 0) is 49.3 Å². The van der Waals surface area contributed by atoms with Gasteiger partial charge < -0.3 is 0 Å². The molecule has 1 aliphatic rings. The monoisotopic (exact) mass is 256 g/mol. The van der Waals surface area contributed by atoms with Crippen molar-refractivity contribution in [2.45, 2.75) is 30.5 Å². The molecule has 1 unspecified atom stereocenters. The Labute approximate surface area is 92.6 Å². The van der Waals surface area contributed by atoms with Gasteiger partial charge in [0.15, 0.2) is 0 Å². The molecule has 1 saturated carbocycles. The van der Waals surface area contributed by atoms with Gasteiger partial charge >= 0.3 is 0 Å². The quantitative estimate of drug-likeness (QED) is 0.717. The summed E-state index contributed by atoms with van der Waals surface area (Å²) in [5.41, 5.74) is 1.11. The fourth-order valence-corrected chi connectivity index (χ4v) is 2.45. The lowest BCUT2D eigenvalue weighted by atomic mass is 10.1. The van der Waals surface area contributed by atoms with Crippen molar-refractivity contribution in [3.63, 3.8) is 0 Å². The van der Waals surface area contributed by atoms with E-state index in [0.717, 1.165) is 24.3 Å². The van der Waals surface area contributed by atoms with Crippen LogP contribution in [0.1, 0.15) is 24.8 Å². The third kappa shape index (κ3) is 2.81. The fraction of sp³-hybridized carbons (Fsp3) is 0.500. The minimum Gasteiger partial charge on any atom is -0.207 e. The van der Waals surface area contributed by atoms with E-state index in [1.165, 1.54) is 18.9 Å². The second-order valence-electron chi connectivity index (χ2n) is 4.02. The van der Waals surface area contributed by atoms with E-state index >= 15 is 0 Å². The van der Waals surface area contributed by atoms with Crippen molar-refractivity contribution in [3.8, 4) is 0 Å². The highest BCUT2D eigenvalue weighted by Crippen LogP contribution is 2.38. The molecule has 0 bridgehead atoms. The number of rotatable bonds is 4. The van der Waals surface area contributed by atoms with Gasteiger partial charge in [-0.25, -0.2) is 4.39 Å². The van der Waals surface area contributed by atoms with Crippen molar-refractivity contribution in [3.05, 3.63) is 35.6 Å². The lowest BCUT2D eigenvalue weighted by molar-refractivity contribution is 0.622. The summed E-state index contributed by atoms with van der Waals surface area (Å²) >= 11 is 3.69. The molecule has 0 spiro atoms. The Morgan fingerprint density at radius 1 is 1.43 bits per heavy atom. The van der Waals surface area contributed by atoms with E-state index in [0.29, 0.717) is 4.83 Å². The van der Waals surface area contributed by atoms with Gasteiger partial charge in [0, 0.05) is 4.83 Å². The van der Waals surface area contributed by atoms with E-state index in [9.17, 15) is 4.39 Å². The van der Waals surface area contributed by atoms with E-state index in [2.05, 4.69) is 15.9 Å². The number of aryl methyl sites for hydroxylation is 1. The maximum Gasteiger partial charge on any atom is 0.123 e. The van der Waals surface area contributed by atoms with Crippen LogP contribution in [-0.2, 0) is 6.42 Å². The predicted octanol–water partition coefficient (Wildman–Crippen LogP) is 3.93. The third-order valence-electron chi connectivity index (χ3n) is 2.73. The summed E-state index contributed by atoms with van der Waals surface area (Å²) in [6.07, 6.45) is 4.82. The number of hydrogen-bond acceptors (Lipinski definition) is 0. The van der Waals surface area contributed by atoms with Crippen LogP contribution >= 0.6 is 15.9 Å². The molecule has 2 heteroatoms. The first-order chi connectivity index (χ1) is 6.75. The van der Waals surface area contributed by atoms with Crippen LogP contribution in [0.5, 0.6) is 0 Å². The number of alkyl halides is 1. The highest BCUT2D eigenvalue weighted by molar-refractivity contribution is 9.09. The zero-order valence-electron chi connectivity index (χ0n) is 8.05. The first-order valence-corrected chi connectivity index (χ1v) is 6.06. The highest BCUT2D eigenvalue weighted by atomic mass is 79.9. The normalized spacial score (nSPS) is 18.1. The smallest absolute Gasteiger partial charge is 0.123 e. The van der Waals surface area contributed by atoms with E-state index in [-0.39, 0.29) is 5.82 Å². The molecule has 14 heavy (non-hydrogen) atoms. The van der Waals surface area contributed by atoms with Gasteiger partial charge in [0.1, 0.15) is 5.82 Å². The lowest BCUT2D eigenvalue weighted by Crippen LogP contribution is -2.02. The zero-order valence-corrected chi connectivity index (χ0v) is 9.63. The second-order valence-corrected chi connectivity index (χ2v) is 5.20. The molecule has 1 aromatic carbocycles. The van der Waals surface area contributed by atoms with E-state index in [1.54, 1.807) is 12.1 Å². The van der Waals surface area contributed by atoms with Crippen LogP contribution in [0, 0.1) is 11.7 Å². The molecule has 0 nitrogen and oxygen atoms in total. The van der Waals surface area contributed by atoms with E-state index in [4.69, 9.17) is 0 Å². The molecule has 0 saturated heterocycles. The van der Waals surface area contributed by atoms with Crippen LogP contribution in [0.15, 0.2) is 24.3 Å². The maximum atomic E-state index is 12.9. The van der Waals surface area contributed by atoms with Crippen molar-refractivity contribution in [1.29, 1.82) is 0 Å². The Balaban J connectivity index is 1.84. The molecule has 1 atom stereocenters. The minimum absolute atomic E-state index is 0.125. The van der Waals surface area contributed by atoms with Crippen LogP contribution in [0.3, 0.4) is 0 Å². The van der Waals surface area contributed by atoms with Crippen molar-refractivity contribution >= 4 is 15.9 Å². The molecule has 0 heterocycles. The average molecular weight is 257 g/mol. The standard InChI is InChI=1S/C12H14BrF/c13-12(10-5-6-10)7-4-9-2-1-3-11(14)8-9/h1-3,8,10,12H,4-7H2. The van der Waals surface area contributed by atoms with Crippen molar-refractivity contribution in [2.24, 2.45) is 5.92 Å². The third-order valence-corrected chi connectivity index (χ3v) is 3.94. The summed E-state index contributed by atoms with van der Waals surface area (Å²) < 4.78 is 12.9. The summed E-state index contributed by atoms with van der Waals surface area (Å²) in [7, 11) is 0. The topological polar surface area (TPSA) is 0 Å². The van der Waals surface area contributed by atoms with E-state index < -0.39 is 0 Å². The summed E-state index contributed by atoms with van der Waals surface area (Å²) in [5, 5.41) is 0. The maximum absolute atomic E-state index is 12.9. The molecule has 76 valence electrons. The Hall–Kier alpha value is -0.370. The Morgan fingerprint density at radius 2 is 2.21 bits per heavy atom. The molecular formula is C12H14BrF. The largest absolute Gasteiger partial charge is 0.207 e. The van der Waals surface area contributed by atoms with Crippen LogP contribution < -0.4 is 0 Å². The Morgan fingerprint density at radius 3 is 2.86 bits per heavy atom. The van der Waals surface area contributed by atoms with Gasteiger partial charge in [0.05, 0.1) is 0 Å². The Bertz CT molecular complexity index is 307. The van der Waals surface area contributed by atoms with Crippen LogP contribution in [0.25, 0.3) is 0 Å². The van der Waals surface area contributed by atoms with Crippen LogP contribution in [0.2, 0.25) is 0 Å². The van der Waals surface area contributed by atoms with Crippen molar-refractivity contribution in [2.75, 3.05) is 0 Å². The molecular weight excluding hydrogens is 243 g/mol. The molecule has 0 radical (unpaired) electrons. The summed E-state index contributed by atoms with van der Waals surface area (Å²) in [6.45, 7) is 0. The van der Waals surface area contributed by atoms with Gasteiger partial charge in [0.25, 0.3) is 0 Å². The highest BCUT2D eigenvalue weighted by Gasteiger charge is 2.28. The number of halogens is 2. The van der Waals surface area contributed by atoms with Crippen molar-refractivity contribution < 1.29 is 4.39 Å². The van der Waals surface area contributed by atoms with E-state index in [1.807, 2.05) is 6.07 Å². The van der Waals surface area contributed by atoms with Crippen LogP contribution in [-0.4, -0.2) is 4.83 Å². The molecule has 0 aromatic heterocycles. The molecule has 1 fully saturated rings. The van der Waals surface area contributed by atoms with Gasteiger partial charge in [0.2, 0.25) is 0 Å². The average Bonchev–Trinajstić information content (AvgIpc) is 2.97. The molecule has 0 N–H and O–H groups in total. The molecule has 1 aromatic rings. The molecule has 1 aliphatic carbocycles. The van der Waals surface area contributed by atoms with Crippen LogP contribution in [0.4, 0.5) is 4.39 Å². The predicted molar refractivity (Wildman–Crippen MR) is 60.2 cm³/mol. The molecule has 2 rings (SSSR count). The molecule has 0 aliphatic heterocycles. The Kier molecular flexibility index (Phi) is 3.22. The number of benzene rings is 1. The van der Waals surface area contributed by atoms with Gasteiger partial charge in [-0.15, -0.1) is 0 Å². The summed E-state index contributed by atoms with van der Waals surface area (Å²) in [4.78, 5) is 0.630. The van der Waals surface area contributed by atoms with Gasteiger partial charge in [-0.2, -0.15) is 0 Å². The SMILES string of the molecule is Fc1cccc(CCC(Br)C2CC2)c1. The lowest BCUT2D eigenvalue weighted by Gasteiger charge is -2.07. The summed E-state index contributed by atoms with van der Waals surface area (Å²) in [6, 6.07) is 6.91. The van der Waals surface area contributed by atoms with Crippen molar-refractivity contribution in [1.82, 2.24) is 0 Å².